The number of aliphatic hydroxyl groups excluding tert-OH is 1. The Morgan fingerprint density at radius 2 is 2.11 bits per heavy atom. The van der Waals surface area contributed by atoms with Crippen LogP contribution < -0.4 is 0 Å². The average molecular weight is 251 g/mol. The van der Waals surface area contributed by atoms with Gasteiger partial charge in [0, 0.05) is 12.6 Å². The lowest BCUT2D eigenvalue weighted by atomic mass is 9.94. The summed E-state index contributed by atoms with van der Waals surface area (Å²) in [4.78, 5) is 12.9. The summed E-state index contributed by atoms with van der Waals surface area (Å²) >= 11 is 0. The van der Waals surface area contributed by atoms with Crippen molar-refractivity contribution in [2.75, 3.05) is 13.2 Å². The lowest BCUT2D eigenvalue weighted by Gasteiger charge is -2.33. The van der Waals surface area contributed by atoms with Gasteiger partial charge in [0.15, 0.2) is 12.0 Å². The molecule has 0 bridgehead atoms. The van der Waals surface area contributed by atoms with Gasteiger partial charge in [-0.05, 0) is 25.0 Å². The van der Waals surface area contributed by atoms with Gasteiger partial charge in [0.2, 0.25) is 0 Å². The first-order chi connectivity index (χ1) is 8.83. The van der Waals surface area contributed by atoms with E-state index in [2.05, 4.69) is 4.90 Å². The summed E-state index contributed by atoms with van der Waals surface area (Å²) in [6, 6.07) is 4.08. The summed E-state index contributed by atoms with van der Waals surface area (Å²) in [7, 11) is 0. The van der Waals surface area contributed by atoms with Crippen molar-refractivity contribution in [2.24, 2.45) is 0 Å². The van der Waals surface area contributed by atoms with Crippen molar-refractivity contribution < 1.29 is 14.3 Å². The van der Waals surface area contributed by atoms with Gasteiger partial charge in [-0.2, -0.15) is 0 Å². The van der Waals surface area contributed by atoms with Gasteiger partial charge in [-0.25, -0.2) is 0 Å². The number of aliphatic hydroxyl groups is 1. The number of carbonyl (C=O) groups is 1. The summed E-state index contributed by atoms with van der Waals surface area (Å²) in [6.45, 7) is 1.51. The zero-order valence-electron chi connectivity index (χ0n) is 10.7. The van der Waals surface area contributed by atoms with Crippen molar-refractivity contribution in [3.05, 3.63) is 23.7 Å². The number of rotatable bonds is 6. The second-order valence-electron chi connectivity index (χ2n) is 4.91. The summed E-state index contributed by atoms with van der Waals surface area (Å²) in [5.74, 6) is 1.17. The largest absolute Gasteiger partial charge is 0.457 e. The van der Waals surface area contributed by atoms with Crippen LogP contribution in [0.3, 0.4) is 0 Å². The molecule has 18 heavy (non-hydrogen) atoms. The molecule has 0 saturated heterocycles. The van der Waals surface area contributed by atoms with Gasteiger partial charge < -0.3 is 9.52 Å². The standard InChI is InChI=1S/C14H21NO3/c16-9-8-15(12-4-2-1-3-5-12)10-13-6-7-14(11-17)18-13/h6-7,11-12,16H,1-5,8-10H2. The molecule has 1 aromatic rings. The summed E-state index contributed by atoms with van der Waals surface area (Å²) in [5, 5.41) is 9.17. The number of aldehydes is 1. The third kappa shape index (κ3) is 3.43. The van der Waals surface area contributed by atoms with Gasteiger partial charge in [-0.3, -0.25) is 9.69 Å². The van der Waals surface area contributed by atoms with Gasteiger partial charge in [-0.1, -0.05) is 19.3 Å². The molecule has 1 aromatic heterocycles. The van der Waals surface area contributed by atoms with Crippen LogP contribution in [0.15, 0.2) is 16.5 Å². The molecule has 0 unspecified atom stereocenters. The fraction of sp³-hybridized carbons (Fsp3) is 0.643. The Labute approximate surface area is 108 Å². The van der Waals surface area contributed by atoms with Crippen LogP contribution in [0.25, 0.3) is 0 Å². The van der Waals surface area contributed by atoms with Gasteiger partial charge in [0.25, 0.3) is 0 Å². The van der Waals surface area contributed by atoms with Crippen LogP contribution in [0, 0.1) is 0 Å². The topological polar surface area (TPSA) is 53.7 Å². The van der Waals surface area contributed by atoms with Gasteiger partial charge in [0.05, 0.1) is 13.2 Å². The van der Waals surface area contributed by atoms with Crippen LogP contribution >= 0.6 is 0 Å². The molecule has 0 atom stereocenters. The van der Waals surface area contributed by atoms with E-state index in [4.69, 9.17) is 9.52 Å². The second-order valence-corrected chi connectivity index (χ2v) is 4.91. The molecule has 0 amide bonds. The highest BCUT2D eigenvalue weighted by atomic mass is 16.3. The number of hydrogen-bond donors (Lipinski definition) is 1. The van der Waals surface area contributed by atoms with Crippen molar-refractivity contribution in [3.63, 3.8) is 0 Å². The maximum Gasteiger partial charge on any atom is 0.185 e. The zero-order valence-corrected chi connectivity index (χ0v) is 10.7. The third-order valence-electron chi connectivity index (χ3n) is 3.64. The highest BCUT2D eigenvalue weighted by Crippen LogP contribution is 2.24. The fourth-order valence-electron chi connectivity index (χ4n) is 2.71. The minimum atomic E-state index is 0.164. The van der Waals surface area contributed by atoms with E-state index >= 15 is 0 Å². The van der Waals surface area contributed by atoms with Crippen LogP contribution in [0.4, 0.5) is 0 Å². The predicted octanol–water partition coefficient (Wildman–Crippen LogP) is 2.22. The first kappa shape index (κ1) is 13.3. The van der Waals surface area contributed by atoms with Crippen LogP contribution in [-0.2, 0) is 6.54 Å². The van der Waals surface area contributed by atoms with Gasteiger partial charge in [-0.15, -0.1) is 0 Å². The summed E-state index contributed by atoms with van der Waals surface area (Å²) < 4.78 is 5.41. The number of hydrogen-bond acceptors (Lipinski definition) is 4. The summed E-state index contributed by atoms with van der Waals surface area (Å²) in [5.41, 5.74) is 0. The normalized spacial score (nSPS) is 17.2. The van der Waals surface area contributed by atoms with Crippen LogP contribution in [0.1, 0.15) is 48.4 Å². The minimum absolute atomic E-state index is 0.164. The first-order valence-corrected chi connectivity index (χ1v) is 6.72. The minimum Gasteiger partial charge on any atom is -0.457 e. The van der Waals surface area contributed by atoms with E-state index in [1.807, 2.05) is 6.07 Å². The molecule has 1 aliphatic rings. The molecular weight excluding hydrogens is 230 g/mol. The lowest BCUT2D eigenvalue weighted by molar-refractivity contribution is 0.104. The Morgan fingerprint density at radius 1 is 1.33 bits per heavy atom. The van der Waals surface area contributed by atoms with Crippen molar-refractivity contribution >= 4 is 6.29 Å². The average Bonchev–Trinajstić information content (AvgIpc) is 2.87. The van der Waals surface area contributed by atoms with Crippen molar-refractivity contribution in [3.8, 4) is 0 Å². The Balaban J connectivity index is 1.97. The second kappa shape index (κ2) is 6.71. The van der Waals surface area contributed by atoms with Gasteiger partial charge in [0.1, 0.15) is 5.76 Å². The molecule has 1 N–H and O–H groups in total. The monoisotopic (exact) mass is 251 g/mol. The molecule has 1 aliphatic carbocycles. The Bertz CT molecular complexity index is 369. The molecule has 0 radical (unpaired) electrons. The quantitative estimate of drug-likeness (QED) is 0.788. The van der Waals surface area contributed by atoms with E-state index < -0.39 is 0 Å². The van der Waals surface area contributed by atoms with E-state index in [1.165, 1.54) is 32.1 Å². The maximum absolute atomic E-state index is 10.6. The van der Waals surface area contributed by atoms with Crippen LogP contribution in [0.2, 0.25) is 0 Å². The number of furan rings is 1. The van der Waals surface area contributed by atoms with Crippen LogP contribution in [-0.4, -0.2) is 35.5 Å². The van der Waals surface area contributed by atoms with Crippen molar-refractivity contribution in [1.29, 1.82) is 0 Å². The predicted molar refractivity (Wildman–Crippen MR) is 68.5 cm³/mol. The lowest BCUT2D eigenvalue weighted by Crippen LogP contribution is -2.38. The Hall–Kier alpha value is -1.13. The van der Waals surface area contributed by atoms with E-state index in [9.17, 15) is 4.79 Å². The highest BCUT2D eigenvalue weighted by molar-refractivity contribution is 5.70. The molecule has 0 spiro atoms. The molecular formula is C14H21NO3. The maximum atomic E-state index is 10.6. The highest BCUT2D eigenvalue weighted by Gasteiger charge is 2.21. The molecule has 0 aliphatic heterocycles. The van der Waals surface area contributed by atoms with E-state index in [0.29, 0.717) is 24.9 Å². The fourth-order valence-corrected chi connectivity index (χ4v) is 2.71. The molecule has 1 saturated carbocycles. The molecule has 2 rings (SSSR count). The third-order valence-corrected chi connectivity index (χ3v) is 3.64. The number of carbonyl (C=O) groups excluding carboxylic acids is 1. The van der Waals surface area contributed by atoms with Crippen molar-refractivity contribution in [1.82, 2.24) is 4.90 Å². The van der Waals surface area contributed by atoms with Crippen LogP contribution in [0.5, 0.6) is 0 Å². The summed E-state index contributed by atoms with van der Waals surface area (Å²) in [6.07, 6.45) is 6.97. The molecule has 4 heteroatoms. The first-order valence-electron chi connectivity index (χ1n) is 6.72. The zero-order chi connectivity index (χ0) is 12.8. The molecule has 100 valence electrons. The van der Waals surface area contributed by atoms with E-state index in [1.54, 1.807) is 6.07 Å². The SMILES string of the molecule is O=Cc1ccc(CN(CCO)C2CCCCC2)o1. The number of nitrogens with zero attached hydrogens (tertiary/aromatic N) is 1. The van der Waals surface area contributed by atoms with Gasteiger partial charge >= 0.3 is 0 Å². The Kier molecular flexibility index (Phi) is 4.96. The molecule has 0 aromatic carbocycles. The van der Waals surface area contributed by atoms with Crippen molar-refractivity contribution in [2.45, 2.75) is 44.7 Å². The molecule has 1 fully saturated rings. The smallest absolute Gasteiger partial charge is 0.185 e. The molecule has 4 nitrogen and oxygen atoms in total. The van der Waals surface area contributed by atoms with E-state index in [0.717, 1.165) is 12.0 Å². The van der Waals surface area contributed by atoms with E-state index in [-0.39, 0.29) is 6.61 Å². The Morgan fingerprint density at radius 3 is 2.72 bits per heavy atom. The molecule has 1 heterocycles.